The fraction of sp³-hybridized carbons (Fsp3) is 0.500. The quantitative estimate of drug-likeness (QED) is 0.839. The van der Waals surface area contributed by atoms with Crippen LogP contribution in [0.15, 0.2) is 18.2 Å². The Labute approximate surface area is 122 Å². The molecule has 2 rings (SSSR count). The average molecular weight is 301 g/mol. The Balaban J connectivity index is 1.93. The van der Waals surface area contributed by atoms with Crippen molar-refractivity contribution < 1.29 is 13.9 Å². The maximum absolute atomic E-state index is 14.1. The molecule has 110 valence electrons. The van der Waals surface area contributed by atoms with Gasteiger partial charge in [0.2, 0.25) is 5.91 Å². The van der Waals surface area contributed by atoms with Crippen LogP contribution in [-0.4, -0.2) is 44.6 Å². The summed E-state index contributed by atoms with van der Waals surface area (Å²) in [5.41, 5.74) is 1.47. The molecule has 0 aliphatic carbocycles. The van der Waals surface area contributed by atoms with Gasteiger partial charge in [0.25, 0.3) is 0 Å². The van der Waals surface area contributed by atoms with E-state index in [9.17, 15) is 9.18 Å². The first-order valence-electron chi connectivity index (χ1n) is 6.64. The Morgan fingerprint density at radius 1 is 1.40 bits per heavy atom. The molecule has 0 spiro atoms. The van der Waals surface area contributed by atoms with E-state index in [0.29, 0.717) is 45.0 Å². The van der Waals surface area contributed by atoms with Crippen LogP contribution >= 0.6 is 11.6 Å². The van der Waals surface area contributed by atoms with Crippen LogP contribution in [0.2, 0.25) is 0 Å². The SMILES string of the molecule is O=C(CCl)NCCc1ccc(N2CCOCC2)c(F)c1. The highest BCUT2D eigenvalue weighted by molar-refractivity contribution is 6.27. The summed E-state index contributed by atoms with van der Waals surface area (Å²) in [5, 5.41) is 2.66. The second-order valence-electron chi connectivity index (χ2n) is 4.62. The van der Waals surface area contributed by atoms with Crippen LogP contribution in [0, 0.1) is 5.82 Å². The molecule has 1 aromatic carbocycles. The zero-order valence-corrected chi connectivity index (χ0v) is 12.0. The molecule has 6 heteroatoms. The number of benzene rings is 1. The highest BCUT2D eigenvalue weighted by atomic mass is 35.5. The van der Waals surface area contributed by atoms with Crippen LogP contribution in [0.4, 0.5) is 10.1 Å². The minimum Gasteiger partial charge on any atom is -0.378 e. The fourth-order valence-electron chi connectivity index (χ4n) is 2.16. The maximum Gasteiger partial charge on any atom is 0.234 e. The molecule has 0 radical (unpaired) electrons. The van der Waals surface area contributed by atoms with Crippen molar-refractivity contribution >= 4 is 23.2 Å². The molecule has 1 aliphatic heterocycles. The van der Waals surface area contributed by atoms with Crippen molar-refractivity contribution in [1.29, 1.82) is 0 Å². The van der Waals surface area contributed by atoms with Crippen molar-refractivity contribution in [1.82, 2.24) is 5.32 Å². The monoisotopic (exact) mass is 300 g/mol. The molecule has 1 heterocycles. The number of morpholine rings is 1. The lowest BCUT2D eigenvalue weighted by molar-refractivity contribution is -0.118. The number of carbonyl (C=O) groups excluding carboxylic acids is 1. The van der Waals surface area contributed by atoms with Crippen LogP contribution in [0.5, 0.6) is 0 Å². The lowest BCUT2D eigenvalue weighted by atomic mass is 10.1. The number of amides is 1. The smallest absolute Gasteiger partial charge is 0.234 e. The summed E-state index contributed by atoms with van der Waals surface area (Å²) in [7, 11) is 0. The summed E-state index contributed by atoms with van der Waals surface area (Å²) in [4.78, 5) is 13.0. The summed E-state index contributed by atoms with van der Waals surface area (Å²) in [5.74, 6) is -0.491. The van der Waals surface area contributed by atoms with E-state index in [1.165, 1.54) is 6.07 Å². The molecule has 1 N–H and O–H groups in total. The first-order valence-corrected chi connectivity index (χ1v) is 7.18. The summed E-state index contributed by atoms with van der Waals surface area (Å²) < 4.78 is 19.4. The molecular formula is C14H18ClFN2O2. The highest BCUT2D eigenvalue weighted by Crippen LogP contribution is 2.21. The number of ether oxygens (including phenoxy) is 1. The number of hydrogen-bond donors (Lipinski definition) is 1. The van der Waals surface area contributed by atoms with Gasteiger partial charge in [0, 0.05) is 19.6 Å². The Morgan fingerprint density at radius 2 is 2.15 bits per heavy atom. The van der Waals surface area contributed by atoms with Gasteiger partial charge in [-0.25, -0.2) is 4.39 Å². The van der Waals surface area contributed by atoms with Crippen LogP contribution in [-0.2, 0) is 16.0 Å². The lowest BCUT2D eigenvalue weighted by Gasteiger charge is -2.29. The number of nitrogens with one attached hydrogen (secondary N) is 1. The highest BCUT2D eigenvalue weighted by Gasteiger charge is 2.15. The van der Waals surface area contributed by atoms with Crippen molar-refractivity contribution in [2.24, 2.45) is 0 Å². The zero-order valence-electron chi connectivity index (χ0n) is 11.2. The zero-order chi connectivity index (χ0) is 14.4. The van der Waals surface area contributed by atoms with Crippen LogP contribution < -0.4 is 10.2 Å². The minimum atomic E-state index is -0.229. The van der Waals surface area contributed by atoms with Gasteiger partial charge in [0.05, 0.1) is 18.9 Å². The van der Waals surface area contributed by atoms with Gasteiger partial charge >= 0.3 is 0 Å². The Kier molecular flexibility index (Phi) is 5.61. The van der Waals surface area contributed by atoms with Gasteiger partial charge < -0.3 is 15.0 Å². The van der Waals surface area contributed by atoms with Crippen molar-refractivity contribution in [2.45, 2.75) is 6.42 Å². The molecule has 0 aromatic heterocycles. The van der Waals surface area contributed by atoms with Gasteiger partial charge in [0.1, 0.15) is 11.7 Å². The topological polar surface area (TPSA) is 41.6 Å². The third-order valence-electron chi connectivity index (χ3n) is 3.22. The molecule has 1 fully saturated rings. The summed E-state index contributed by atoms with van der Waals surface area (Å²) in [6, 6.07) is 5.21. The first kappa shape index (κ1) is 15.1. The van der Waals surface area contributed by atoms with Gasteiger partial charge in [-0.3, -0.25) is 4.79 Å². The summed E-state index contributed by atoms with van der Waals surface area (Å²) in [6.45, 7) is 3.14. The van der Waals surface area contributed by atoms with Crippen LogP contribution in [0.25, 0.3) is 0 Å². The van der Waals surface area contributed by atoms with E-state index in [2.05, 4.69) is 5.32 Å². The van der Waals surface area contributed by atoms with Crippen LogP contribution in [0.1, 0.15) is 5.56 Å². The second-order valence-corrected chi connectivity index (χ2v) is 4.89. The first-order chi connectivity index (χ1) is 9.70. The fourth-order valence-corrected chi connectivity index (χ4v) is 2.25. The molecule has 20 heavy (non-hydrogen) atoms. The number of alkyl halides is 1. The number of halogens is 2. The van der Waals surface area contributed by atoms with Gasteiger partial charge in [0.15, 0.2) is 0 Å². The largest absolute Gasteiger partial charge is 0.378 e. The molecule has 1 aromatic rings. The average Bonchev–Trinajstić information content (AvgIpc) is 2.48. The molecule has 0 unspecified atom stereocenters. The number of anilines is 1. The number of rotatable bonds is 5. The third kappa shape index (κ3) is 4.08. The molecule has 0 bridgehead atoms. The van der Waals surface area contributed by atoms with Crippen molar-refractivity contribution in [3.8, 4) is 0 Å². The van der Waals surface area contributed by atoms with E-state index >= 15 is 0 Å². The molecule has 1 amide bonds. The predicted molar refractivity (Wildman–Crippen MR) is 76.9 cm³/mol. The maximum atomic E-state index is 14.1. The number of hydrogen-bond acceptors (Lipinski definition) is 3. The minimum absolute atomic E-state index is 0.0513. The van der Waals surface area contributed by atoms with Crippen molar-refractivity contribution in [3.05, 3.63) is 29.6 Å². The Hall–Kier alpha value is -1.33. The Bertz CT molecular complexity index is 464. The number of carbonyl (C=O) groups is 1. The van der Waals surface area contributed by atoms with E-state index in [1.54, 1.807) is 6.07 Å². The normalized spacial score (nSPS) is 15.2. The lowest BCUT2D eigenvalue weighted by Crippen LogP contribution is -2.36. The van der Waals surface area contributed by atoms with E-state index in [1.807, 2.05) is 11.0 Å². The van der Waals surface area contributed by atoms with Gasteiger partial charge in [-0.15, -0.1) is 11.6 Å². The van der Waals surface area contributed by atoms with Gasteiger partial charge in [-0.05, 0) is 24.1 Å². The second kappa shape index (κ2) is 7.45. The standard InChI is InChI=1S/C14H18ClFN2O2/c15-10-14(19)17-4-3-11-1-2-13(12(16)9-11)18-5-7-20-8-6-18/h1-2,9H,3-8,10H2,(H,17,19). The van der Waals surface area contributed by atoms with E-state index < -0.39 is 0 Å². The predicted octanol–water partition coefficient (Wildman–Crippen LogP) is 1.56. The molecule has 1 saturated heterocycles. The van der Waals surface area contributed by atoms with E-state index in [-0.39, 0.29) is 17.6 Å². The molecule has 0 saturated carbocycles. The van der Waals surface area contributed by atoms with Gasteiger partial charge in [-0.1, -0.05) is 6.07 Å². The van der Waals surface area contributed by atoms with Crippen molar-refractivity contribution in [2.75, 3.05) is 43.6 Å². The van der Waals surface area contributed by atoms with Crippen molar-refractivity contribution in [3.63, 3.8) is 0 Å². The van der Waals surface area contributed by atoms with Gasteiger partial charge in [-0.2, -0.15) is 0 Å². The molecular weight excluding hydrogens is 283 g/mol. The summed E-state index contributed by atoms with van der Waals surface area (Å²) in [6.07, 6.45) is 0.586. The third-order valence-corrected chi connectivity index (χ3v) is 3.46. The summed E-state index contributed by atoms with van der Waals surface area (Å²) >= 11 is 5.38. The molecule has 1 aliphatic rings. The molecule has 0 atom stereocenters. The molecule has 4 nitrogen and oxygen atoms in total. The Morgan fingerprint density at radius 3 is 2.80 bits per heavy atom. The van der Waals surface area contributed by atoms with E-state index in [4.69, 9.17) is 16.3 Å². The van der Waals surface area contributed by atoms with Crippen LogP contribution in [0.3, 0.4) is 0 Å². The number of nitrogens with zero attached hydrogens (tertiary/aromatic N) is 1. The van der Waals surface area contributed by atoms with E-state index in [0.717, 1.165) is 5.56 Å².